The van der Waals surface area contributed by atoms with Gasteiger partial charge in [-0.3, -0.25) is 4.98 Å². The number of nitrogens with zero attached hydrogens (tertiary/aromatic N) is 2. The van der Waals surface area contributed by atoms with Crippen molar-refractivity contribution in [3.8, 4) is 0 Å². The second-order valence-electron chi connectivity index (χ2n) is 4.26. The normalized spacial score (nSPS) is 13.6. The summed E-state index contributed by atoms with van der Waals surface area (Å²) in [5, 5.41) is -0.886. The highest BCUT2D eigenvalue weighted by atomic mass is 32.1. The number of aromatic nitrogens is 2. The standard InChI is InChI=1S/C12H12F3N3S/c1-6-3-7(2)10(17-4-6)9(16)8-5-18-11(19-8)12(13,14)15/h3-5,9H,16H2,1-2H3. The molecule has 0 aliphatic carbocycles. The Bertz CT molecular complexity index is 592. The summed E-state index contributed by atoms with van der Waals surface area (Å²) in [6.45, 7) is 3.73. The number of aryl methyl sites for hydroxylation is 2. The largest absolute Gasteiger partial charge is 0.443 e. The Kier molecular flexibility index (Phi) is 3.60. The van der Waals surface area contributed by atoms with Crippen LogP contribution in [0.1, 0.15) is 32.7 Å². The molecule has 0 aliphatic heterocycles. The molecule has 0 radical (unpaired) electrons. The van der Waals surface area contributed by atoms with Gasteiger partial charge in [0.2, 0.25) is 0 Å². The molecule has 1 atom stereocenters. The highest BCUT2D eigenvalue weighted by molar-refractivity contribution is 7.11. The first-order chi connectivity index (χ1) is 8.79. The molecule has 0 saturated carbocycles. The Morgan fingerprint density at radius 1 is 1.21 bits per heavy atom. The minimum Gasteiger partial charge on any atom is -0.318 e. The molecule has 0 aliphatic rings. The highest BCUT2D eigenvalue weighted by Crippen LogP contribution is 2.35. The zero-order chi connectivity index (χ0) is 14.2. The average Bonchev–Trinajstić information content (AvgIpc) is 2.76. The number of thiazole rings is 1. The molecular weight excluding hydrogens is 275 g/mol. The van der Waals surface area contributed by atoms with Gasteiger partial charge in [0, 0.05) is 17.3 Å². The third-order valence-electron chi connectivity index (χ3n) is 2.62. The second kappa shape index (κ2) is 4.90. The minimum absolute atomic E-state index is 0.353. The van der Waals surface area contributed by atoms with E-state index >= 15 is 0 Å². The van der Waals surface area contributed by atoms with Gasteiger partial charge in [-0.05, 0) is 25.0 Å². The zero-order valence-corrected chi connectivity index (χ0v) is 11.1. The van der Waals surface area contributed by atoms with Crippen molar-refractivity contribution in [3.05, 3.63) is 45.2 Å². The first-order valence-corrected chi connectivity index (χ1v) is 6.32. The van der Waals surface area contributed by atoms with E-state index in [2.05, 4.69) is 9.97 Å². The molecule has 7 heteroatoms. The van der Waals surface area contributed by atoms with Gasteiger partial charge < -0.3 is 5.73 Å². The van der Waals surface area contributed by atoms with E-state index in [-0.39, 0.29) is 0 Å². The van der Waals surface area contributed by atoms with Crippen molar-refractivity contribution in [3.63, 3.8) is 0 Å². The molecule has 0 bridgehead atoms. The van der Waals surface area contributed by atoms with Gasteiger partial charge in [-0.2, -0.15) is 13.2 Å². The molecule has 0 aromatic carbocycles. The Morgan fingerprint density at radius 3 is 2.42 bits per heavy atom. The number of hydrogen-bond donors (Lipinski definition) is 1. The fraction of sp³-hybridized carbons (Fsp3) is 0.333. The van der Waals surface area contributed by atoms with Crippen LogP contribution >= 0.6 is 11.3 Å². The van der Waals surface area contributed by atoms with E-state index in [0.717, 1.165) is 11.1 Å². The van der Waals surface area contributed by atoms with Gasteiger partial charge in [0.15, 0.2) is 5.01 Å². The van der Waals surface area contributed by atoms with Crippen molar-refractivity contribution < 1.29 is 13.2 Å². The van der Waals surface area contributed by atoms with Gasteiger partial charge in [-0.25, -0.2) is 4.98 Å². The predicted octanol–water partition coefficient (Wildman–Crippen LogP) is 3.22. The maximum Gasteiger partial charge on any atom is 0.443 e. The monoisotopic (exact) mass is 287 g/mol. The van der Waals surface area contributed by atoms with E-state index < -0.39 is 17.2 Å². The molecule has 19 heavy (non-hydrogen) atoms. The van der Waals surface area contributed by atoms with E-state index in [1.54, 1.807) is 6.20 Å². The lowest BCUT2D eigenvalue weighted by Gasteiger charge is -2.12. The Morgan fingerprint density at radius 2 is 1.89 bits per heavy atom. The summed E-state index contributed by atoms with van der Waals surface area (Å²) in [7, 11) is 0. The van der Waals surface area contributed by atoms with Crippen LogP contribution in [-0.4, -0.2) is 9.97 Å². The summed E-state index contributed by atoms with van der Waals surface area (Å²) < 4.78 is 37.5. The number of halogens is 3. The van der Waals surface area contributed by atoms with Crippen molar-refractivity contribution >= 4 is 11.3 Å². The maximum atomic E-state index is 12.5. The summed E-state index contributed by atoms with van der Waals surface area (Å²) in [5.74, 6) is 0. The lowest BCUT2D eigenvalue weighted by atomic mass is 10.1. The van der Waals surface area contributed by atoms with Crippen molar-refractivity contribution in [1.29, 1.82) is 0 Å². The summed E-state index contributed by atoms with van der Waals surface area (Å²) in [4.78, 5) is 7.92. The summed E-state index contributed by atoms with van der Waals surface area (Å²) in [6.07, 6.45) is -1.62. The summed E-state index contributed by atoms with van der Waals surface area (Å²) in [6, 6.07) is 1.21. The smallest absolute Gasteiger partial charge is 0.318 e. The molecule has 3 nitrogen and oxygen atoms in total. The molecule has 0 amide bonds. The fourth-order valence-corrected chi connectivity index (χ4v) is 2.54. The molecule has 0 spiro atoms. The van der Waals surface area contributed by atoms with Gasteiger partial charge in [-0.15, -0.1) is 11.3 Å². The van der Waals surface area contributed by atoms with Crippen LogP contribution in [0.4, 0.5) is 13.2 Å². The van der Waals surface area contributed by atoms with Gasteiger partial charge in [-0.1, -0.05) is 6.07 Å². The van der Waals surface area contributed by atoms with Crippen LogP contribution in [0.2, 0.25) is 0 Å². The van der Waals surface area contributed by atoms with Gasteiger partial charge in [0.05, 0.1) is 11.7 Å². The number of hydrogen-bond acceptors (Lipinski definition) is 4. The van der Waals surface area contributed by atoms with Crippen LogP contribution in [-0.2, 0) is 6.18 Å². The molecule has 2 rings (SSSR count). The number of rotatable bonds is 2. The third kappa shape index (κ3) is 2.93. The van der Waals surface area contributed by atoms with Crippen molar-refractivity contribution in [1.82, 2.24) is 9.97 Å². The minimum atomic E-state index is -4.43. The number of nitrogens with two attached hydrogens (primary N) is 1. The first kappa shape index (κ1) is 14.0. The quantitative estimate of drug-likeness (QED) is 0.922. The van der Waals surface area contributed by atoms with E-state index in [0.29, 0.717) is 21.9 Å². The van der Waals surface area contributed by atoms with Crippen LogP contribution < -0.4 is 5.73 Å². The third-order valence-corrected chi connectivity index (χ3v) is 3.75. The SMILES string of the molecule is Cc1cnc(C(N)c2cnc(C(F)(F)F)s2)c(C)c1. The van der Waals surface area contributed by atoms with E-state index in [9.17, 15) is 13.2 Å². The molecule has 2 N–H and O–H groups in total. The number of pyridine rings is 1. The molecule has 2 aromatic rings. The van der Waals surface area contributed by atoms with Crippen LogP contribution in [0.3, 0.4) is 0 Å². The van der Waals surface area contributed by atoms with Crippen molar-refractivity contribution in [2.24, 2.45) is 5.73 Å². The Balaban J connectivity index is 2.34. The molecule has 2 heterocycles. The Hall–Kier alpha value is -1.47. The zero-order valence-electron chi connectivity index (χ0n) is 10.3. The van der Waals surface area contributed by atoms with Crippen LogP contribution in [0.5, 0.6) is 0 Å². The maximum absolute atomic E-state index is 12.5. The van der Waals surface area contributed by atoms with Crippen LogP contribution in [0, 0.1) is 13.8 Å². The molecule has 102 valence electrons. The lowest BCUT2D eigenvalue weighted by molar-refractivity contribution is -0.137. The van der Waals surface area contributed by atoms with E-state index in [4.69, 9.17) is 5.73 Å². The van der Waals surface area contributed by atoms with Gasteiger partial charge in [0.1, 0.15) is 0 Å². The van der Waals surface area contributed by atoms with E-state index in [1.807, 2.05) is 19.9 Å². The van der Waals surface area contributed by atoms with Gasteiger partial charge >= 0.3 is 6.18 Å². The summed E-state index contributed by atoms with van der Waals surface area (Å²) >= 11 is 0.555. The predicted molar refractivity (Wildman–Crippen MR) is 66.9 cm³/mol. The molecular formula is C12H12F3N3S. The second-order valence-corrected chi connectivity index (χ2v) is 5.32. The highest BCUT2D eigenvalue weighted by Gasteiger charge is 2.35. The molecule has 2 aromatic heterocycles. The molecule has 0 saturated heterocycles. The lowest BCUT2D eigenvalue weighted by Crippen LogP contribution is -2.14. The molecule has 1 unspecified atom stereocenters. The summed E-state index contributed by atoms with van der Waals surface area (Å²) in [5.41, 5.74) is 8.37. The van der Waals surface area contributed by atoms with E-state index in [1.165, 1.54) is 6.20 Å². The van der Waals surface area contributed by atoms with Crippen molar-refractivity contribution in [2.75, 3.05) is 0 Å². The van der Waals surface area contributed by atoms with Crippen LogP contribution in [0.25, 0.3) is 0 Å². The van der Waals surface area contributed by atoms with Crippen LogP contribution in [0.15, 0.2) is 18.5 Å². The Labute approximate surface area is 112 Å². The number of alkyl halides is 3. The molecule has 0 fully saturated rings. The van der Waals surface area contributed by atoms with Crippen molar-refractivity contribution in [2.45, 2.75) is 26.1 Å². The first-order valence-electron chi connectivity index (χ1n) is 5.50. The average molecular weight is 287 g/mol. The fourth-order valence-electron chi connectivity index (χ4n) is 1.75. The van der Waals surface area contributed by atoms with Gasteiger partial charge in [0.25, 0.3) is 0 Å². The topological polar surface area (TPSA) is 51.8 Å².